The number of aromatic nitrogens is 2. The summed E-state index contributed by atoms with van der Waals surface area (Å²) in [5.41, 5.74) is 2.26. The second-order valence-electron chi connectivity index (χ2n) is 4.80. The van der Waals surface area contributed by atoms with Crippen LogP contribution < -0.4 is 5.32 Å². The molecule has 3 rings (SSSR count). The van der Waals surface area contributed by atoms with Gasteiger partial charge >= 0.3 is 0 Å². The highest BCUT2D eigenvalue weighted by molar-refractivity contribution is 5.33. The van der Waals surface area contributed by atoms with Crippen molar-refractivity contribution in [2.75, 3.05) is 6.54 Å². The van der Waals surface area contributed by atoms with Gasteiger partial charge in [0.2, 0.25) is 0 Å². The number of aryl methyl sites for hydroxylation is 1. The Balaban J connectivity index is 2.14. The van der Waals surface area contributed by atoms with E-state index < -0.39 is 5.92 Å². The van der Waals surface area contributed by atoms with Gasteiger partial charge in [-0.15, -0.1) is 0 Å². The van der Waals surface area contributed by atoms with Crippen LogP contribution in [0.25, 0.3) is 0 Å². The van der Waals surface area contributed by atoms with E-state index in [1.165, 1.54) is 4.68 Å². The van der Waals surface area contributed by atoms with Crippen LogP contribution in [0.2, 0.25) is 0 Å². The molecule has 0 saturated heterocycles. The lowest BCUT2D eigenvalue weighted by Gasteiger charge is -2.19. The fourth-order valence-electron chi connectivity index (χ4n) is 2.68. The third-order valence-corrected chi connectivity index (χ3v) is 3.47. The standard InChI is InChI=1S/C12H15F2N3/c1-8-3-5-17-11(12(13,14)6-8)9-7-15-4-2-10(9)16-17/h15H,1-7H2. The molecule has 1 aromatic heterocycles. The van der Waals surface area contributed by atoms with Gasteiger partial charge in [-0.1, -0.05) is 12.2 Å². The van der Waals surface area contributed by atoms with E-state index in [0.29, 0.717) is 30.6 Å². The maximum atomic E-state index is 14.2. The lowest BCUT2D eigenvalue weighted by Crippen LogP contribution is -2.26. The minimum absolute atomic E-state index is 0.110. The van der Waals surface area contributed by atoms with Gasteiger partial charge in [0.1, 0.15) is 5.69 Å². The van der Waals surface area contributed by atoms with Gasteiger partial charge in [-0.05, 0) is 6.42 Å². The van der Waals surface area contributed by atoms with E-state index in [2.05, 4.69) is 17.0 Å². The van der Waals surface area contributed by atoms with E-state index in [-0.39, 0.29) is 12.1 Å². The van der Waals surface area contributed by atoms with Crippen molar-refractivity contribution in [3.8, 4) is 0 Å². The van der Waals surface area contributed by atoms with Crippen molar-refractivity contribution in [2.45, 2.75) is 38.3 Å². The zero-order chi connectivity index (χ0) is 12.0. The summed E-state index contributed by atoms with van der Waals surface area (Å²) in [7, 11) is 0. The van der Waals surface area contributed by atoms with Crippen molar-refractivity contribution < 1.29 is 8.78 Å². The number of nitrogens with zero attached hydrogens (tertiary/aromatic N) is 2. The van der Waals surface area contributed by atoms with Gasteiger partial charge in [0.05, 0.1) is 5.69 Å². The van der Waals surface area contributed by atoms with E-state index >= 15 is 0 Å². The molecule has 0 bridgehead atoms. The van der Waals surface area contributed by atoms with Crippen molar-refractivity contribution in [1.29, 1.82) is 0 Å². The van der Waals surface area contributed by atoms with Gasteiger partial charge in [-0.2, -0.15) is 13.9 Å². The van der Waals surface area contributed by atoms with Crippen LogP contribution in [0.4, 0.5) is 8.78 Å². The molecule has 3 heterocycles. The summed E-state index contributed by atoms with van der Waals surface area (Å²) in [5.74, 6) is -2.83. The highest BCUT2D eigenvalue weighted by Crippen LogP contribution is 2.40. The topological polar surface area (TPSA) is 29.9 Å². The Morgan fingerprint density at radius 3 is 3.00 bits per heavy atom. The molecule has 0 aromatic carbocycles. The maximum absolute atomic E-state index is 14.2. The Kier molecular flexibility index (Phi) is 2.33. The van der Waals surface area contributed by atoms with Gasteiger partial charge in [-0.3, -0.25) is 4.68 Å². The van der Waals surface area contributed by atoms with Crippen molar-refractivity contribution in [1.82, 2.24) is 15.1 Å². The van der Waals surface area contributed by atoms with Crippen molar-refractivity contribution in [3.63, 3.8) is 0 Å². The number of alkyl halides is 2. The number of halogens is 2. The van der Waals surface area contributed by atoms with Crippen molar-refractivity contribution >= 4 is 0 Å². The monoisotopic (exact) mass is 239 g/mol. The highest BCUT2D eigenvalue weighted by atomic mass is 19.3. The number of hydrogen-bond acceptors (Lipinski definition) is 2. The number of rotatable bonds is 0. The predicted molar refractivity (Wildman–Crippen MR) is 59.9 cm³/mol. The van der Waals surface area contributed by atoms with Crippen LogP contribution in [0.3, 0.4) is 0 Å². The molecular weight excluding hydrogens is 224 g/mol. The second kappa shape index (κ2) is 3.63. The Labute approximate surface area is 98.5 Å². The van der Waals surface area contributed by atoms with Crippen LogP contribution in [0, 0.1) is 0 Å². The predicted octanol–water partition coefficient (Wildman–Crippen LogP) is 1.97. The molecule has 0 unspecified atom stereocenters. The van der Waals surface area contributed by atoms with E-state index in [9.17, 15) is 8.78 Å². The van der Waals surface area contributed by atoms with E-state index in [4.69, 9.17) is 0 Å². The molecule has 0 saturated carbocycles. The van der Waals surface area contributed by atoms with Gasteiger partial charge in [0.15, 0.2) is 0 Å². The summed E-state index contributed by atoms with van der Waals surface area (Å²) in [6.07, 6.45) is 1.09. The largest absolute Gasteiger partial charge is 0.312 e. The normalized spacial score (nSPS) is 22.8. The van der Waals surface area contributed by atoms with Crippen LogP contribution in [0.15, 0.2) is 12.2 Å². The summed E-state index contributed by atoms with van der Waals surface area (Å²) in [6, 6.07) is 0. The molecule has 0 fully saturated rings. The summed E-state index contributed by atoms with van der Waals surface area (Å²) in [5, 5.41) is 7.47. The van der Waals surface area contributed by atoms with E-state index in [1.807, 2.05) is 0 Å². The number of hydrogen-bond donors (Lipinski definition) is 1. The van der Waals surface area contributed by atoms with Crippen LogP contribution in [-0.4, -0.2) is 16.3 Å². The Morgan fingerprint density at radius 2 is 2.18 bits per heavy atom. The van der Waals surface area contributed by atoms with Crippen molar-refractivity contribution in [3.05, 3.63) is 29.1 Å². The third-order valence-electron chi connectivity index (χ3n) is 3.47. The lowest BCUT2D eigenvalue weighted by atomic mass is 9.99. The molecule has 1 N–H and O–H groups in total. The molecule has 1 aromatic rings. The van der Waals surface area contributed by atoms with E-state index in [1.54, 1.807) is 0 Å². The molecule has 3 nitrogen and oxygen atoms in total. The molecule has 2 aliphatic heterocycles. The first-order chi connectivity index (χ1) is 8.08. The second-order valence-corrected chi connectivity index (χ2v) is 4.80. The zero-order valence-electron chi connectivity index (χ0n) is 9.60. The zero-order valence-corrected chi connectivity index (χ0v) is 9.60. The SMILES string of the molecule is C=C1CCn2nc3c(c2C(F)(F)C1)CNCC3. The van der Waals surface area contributed by atoms with Crippen LogP contribution in [-0.2, 0) is 25.4 Å². The lowest BCUT2D eigenvalue weighted by molar-refractivity contribution is -0.0107. The molecule has 5 heteroatoms. The summed E-state index contributed by atoms with van der Waals surface area (Å²) in [4.78, 5) is 0. The van der Waals surface area contributed by atoms with E-state index in [0.717, 1.165) is 18.7 Å². The molecule has 0 radical (unpaired) electrons. The molecule has 0 aliphatic carbocycles. The van der Waals surface area contributed by atoms with Gasteiger partial charge in [0, 0.05) is 38.0 Å². The molecule has 2 aliphatic rings. The highest BCUT2D eigenvalue weighted by Gasteiger charge is 2.41. The van der Waals surface area contributed by atoms with Gasteiger partial charge in [0.25, 0.3) is 5.92 Å². The van der Waals surface area contributed by atoms with Crippen LogP contribution in [0.5, 0.6) is 0 Å². The molecule has 17 heavy (non-hydrogen) atoms. The number of allylic oxidation sites excluding steroid dienone is 1. The summed E-state index contributed by atoms with van der Waals surface area (Å²) >= 11 is 0. The molecule has 0 atom stereocenters. The molecule has 0 spiro atoms. The number of nitrogens with one attached hydrogen (secondary N) is 1. The maximum Gasteiger partial charge on any atom is 0.293 e. The Hall–Kier alpha value is -1.23. The van der Waals surface area contributed by atoms with Crippen LogP contribution >= 0.6 is 0 Å². The molecular formula is C12H15F2N3. The van der Waals surface area contributed by atoms with Crippen molar-refractivity contribution in [2.24, 2.45) is 0 Å². The average molecular weight is 239 g/mol. The fraction of sp³-hybridized carbons (Fsp3) is 0.583. The van der Waals surface area contributed by atoms with Gasteiger partial charge in [-0.25, -0.2) is 0 Å². The smallest absolute Gasteiger partial charge is 0.293 e. The quantitative estimate of drug-likeness (QED) is 0.701. The third kappa shape index (κ3) is 1.69. The average Bonchev–Trinajstić information content (AvgIpc) is 2.59. The summed E-state index contributed by atoms with van der Waals surface area (Å²) < 4.78 is 29.9. The summed E-state index contributed by atoms with van der Waals surface area (Å²) in [6.45, 7) is 5.56. The van der Waals surface area contributed by atoms with Gasteiger partial charge < -0.3 is 5.32 Å². The number of fused-ring (bicyclic) bond motifs is 3. The fourth-order valence-corrected chi connectivity index (χ4v) is 2.68. The molecule has 92 valence electrons. The first-order valence-corrected chi connectivity index (χ1v) is 5.92. The minimum atomic E-state index is -2.83. The first kappa shape index (κ1) is 10.9. The first-order valence-electron chi connectivity index (χ1n) is 5.92. The molecule has 0 amide bonds. The Morgan fingerprint density at radius 1 is 1.35 bits per heavy atom. The van der Waals surface area contributed by atoms with Crippen LogP contribution in [0.1, 0.15) is 29.8 Å². The minimum Gasteiger partial charge on any atom is -0.312 e. The Bertz CT molecular complexity index is 476.